The molecule has 0 atom stereocenters. The highest BCUT2D eigenvalue weighted by molar-refractivity contribution is 5.99. The molecule has 0 saturated carbocycles. The molecule has 0 aromatic heterocycles. The van der Waals surface area contributed by atoms with Gasteiger partial charge in [-0.2, -0.15) is 0 Å². The lowest BCUT2D eigenvalue weighted by atomic mass is 10.1. The number of carbonyl (C=O) groups excluding carboxylic acids is 1. The first-order valence-corrected chi connectivity index (χ1v) is 5.04. The van der Waals surface area contributed by atoms with Crippen molar-refractivity contribution >= 4 is 17.3 Å². The molecular formula is C11H17N3O. The minimum Gasteiger partial charge on any atom is -0.399 e. The Hall–Kier alpha value is -1.71. The van der Waals surface area contributed by atoms with Crippen molar-refractivity contribution in [1.29, 1.82) is 0 Å². The summed E-state index contributed by atoms with van der Waals surface area (Å²) >= 11 is 0. The number of hydrogen-bond acceptors (Lipinski definition) is 3. The van der Waals surface area contributed by atoms with Crippen LogP contribution in [-0.4, -0.2) is 23.9 Å². The van der Waals surface area contributed by atoms with E-state index in [1.807, 2.05) is 13.8 Å². The number of nitrogen functional groups attached to an aromatic ring is 2. The van der Waals surface area contributed by atoms with Gasteiger partial charge in [-0.15, -0.1) is 0 Å². The van der Waals surface area contributed by atoms with Crippen molar-refractivity contribution < 1.29 is 4.79 Å². The second-order valence-corrected chi connectivity index (χ2v) is 3.32. The third-order valence-corrected chi connectivity index (χ3v) is 2.36. The summed E-state index contributed by atoms with van der Waals surface area (Å²) in [7, 11) is 0. The van der Waals surface area contributed by atoms with E-state index in [1.54, 1.807) is 23.1 Å². The van der Waals surface area contributed by atoms with E-state index >= 15 is 0 Å². The van der Waals surface area contributed by atoms with Gasteiger partial charge in [-0.3, -0.25) is 4.79 Å². The lowest BCUT2D eigenvalue weighted by Crippen LogP contribution is -2.31. The highest BCUT2D eigenvalue weighted by atomic mass is 16.2. The minimum absolute atomic E-state index is 0.0440. The fourth-order valence-corrected chi connectivity index (χ4v) is 1.46. The molecule has 0 bridgehead atoms. The Morgan fingerprint density at radius 2 is 1.87 bits per heavy atom. The molecule has 15 heavy (non-hydrogen) atoms. The summed E-state index contributed by atoms with van der Waals surface area (Å²) in [5, 5.41) is 0. The van der Waals surface area contributed by atoms with Crippen LogP contribution in [0.4, 0.5) is 11.4 Å². The number of hydrogen-bond donors (Lipinski definition) is 2. The van der Waals surface area contributed by atoms with Gasteiger partial charge in [0.05, 0.1) is 5.56 Å². The van der Waals surface area contributed by atoms with Crippen molar-refractivity contribution in [3.8, 4) is 0 Å². The molecule has 1 aromatic carbocycles. The Bertz CT molecular complexity index is 359. The van der Waals surface area contributed by atoms with Crippen LogP contribution in [0.15, 0.2) is 18.2 Å². The Labute approximate surface area is 89.9 Å². The zero-order valence-electron chi connectivity index (χ0n) is 9.16. The molecule has 82 valence electrons. The van der Waals surface area contributed by atoms with Crippen molar-refractivity contribution in [3.63, 3.8) is 0 Å². The highest BCUT2D eigenvalue weighted by Gasteiger charge is 2.14. The van der Waals surface area contributed by atoms with Gasteiger partial charge in [0.25, 0.3) is 5.91 Å². The number of rotatable bonds is 3. The predicted molar refractivity (Wildman–Crippen MR) is 62.5 cm³/mol. The van der Waals surface area contributed by atoms with Gasteiger partial charge >= 0.3 is 0 Å². The van der Waals surface area contributed by atoms with Crippen molar-refractivity contribution in [2.75, 3.05) is 24.6 Å². The fraction of sp³-hybridized carbons (Fsp3) is 0.364. The summed E-state index contributed by atoms with van der Waals surface area (Å²) in [5.41, 5.74) is 12.8. The standard InChI is InChI=1S/C11H17N3O/c1-3-14(4-2)11(15)9-6-5-8(12)7-10(9)13/h5-7H,3-4,12-13H2,1-2H3. The number of benzene rings is 1. The van der Waals surface area contributed by atoms with E-state index in [1.165, 1.54) is 0 Å². The number of nitrogens with zero attached hydrogens (tertiary/aromatic N) is 1. The molecule has 0 aliphatic heterocycles. The molecule has 1 amide bonds. The van der Waals surface area contributed by atoms with Crippen LogP contribution in [0.5, 0.6) is 0 Å². The third kappa shape index (κ3) is 2.40. The monoisotopic (exact) mass is 207 g/mol. The normalized spacial score (nSPS) is 10.0. The molecule has 0 radical (unpaired) electrons. The SMILES string of the molecule is CCN(CC)C(=O)c1ccc(N)cc1N. The van der Waals surface area contributed by atoms with Gasteiger partial charge in [0, 0.05) is 24.5 Å². The van der Waals surface area contributed by atoms with E-state index in [0.29, 0.717) is 30.0 Å². The minimum atomic E-state index is -0.0440. The van der Waals surface area contributed by atoms with E-state index < -0.39 is 0 Å². The molecule has 0 spiro atoms. The van der Waals surface area contributed by atoms with Gasteiger partial charge in [-0.05, 0) is 32.0 Å². The second-order valence-electron chi connectivity index (χ2n) is 3.32. The van der Waals surface area contributed by atoms with E-state index in [-0.39, 0.29) is 5.91 Å². The number of anilines is 2. The lowest BCUT2D eigenvalue weighted by molar-refractivity contribution is 0.0774. The topological polar surface area (TPSA) is 72.3 Å². The maximum Gasteiger partial charge on any atom is 0.255 e. The van der Waals surface area contributed by atoms with E-state index in [4.69, 9.17) is 11.5 Å². The Kier molecular flexibility index (Phi) is 3.55. The van der Waals surface area contributed by atoms with Crippen molar-refractivity contribution in [2.45, 2.75) is 13.8 Å². The van der Waals surface area contributed by atoms with Crippen LogP contribution in [0.2, 0.25) is 0 Å². The molecule has 0 unspecified atom stereocenters. The molecule has 0 aliphatic rings. The average Bonchev–Trinajstić information content (AvgIpc) is 2.19. The summed E-state index contributed by atoms with van der Waals surface area (Å²) in [6, 6.07) is 4.97. The Balaban J connectivity index is 3.00. The molecule has 4 heteroatoms. The van der Waals surface area contributed by atoms with Gasteiger partial charge in [0.2, 0.25) is 0 Å². The molecule has 1 aromatic rings. The number of nitrogens with two attached hydrogens (primary N) is 2. The largest absolute Gasteiger partial charge is 0.399 e. The van der Waals surface area contributed by atoms with Crippen LogP contribution in [0.3, 0.4) is 0 Å². The van der Waals surface area contributed by atoms with E-state index in [2.05, 4.69) is 0 Å². The van der Waals surface area contributed by atoms with Crippen molar-refractivity contribution in [2.24, 2.45) is 0 Å². The zero-order chi connectivity index (χ0) is 11.4. The van der Waals surface area contributed by atoms with Crippen molar-refractivity contribution in [1.82, 2.24) is 4.90 Å². The van der Waals surface area contributed by atoms with Crippen LogP contribution in [0, 0.1) is 0 Å². The van der Waals surface area contributed by atoms with Crippen LogP contribution in [0.1, 0.15) is 24.2 Å². The molecule has 0 aliphatic carbocycles. The Morgan fingerprint density at radius 3 is 2.33 bits per heavy atom. The maximum absolute atomic E-state index is 11.9. The zero-order valence-corrected chi connectivity index (χ0v) is 9.16. The van der Waals surface area contributed by atoms with Gasteiger partial charge in [-0.25, -0.2) is 0 Å². The Morgan fingerprint density at radius 1 is 1.27 bits per heavy atom. The summed E-state index contributed by atoms with van der Waals surface area (Å²) in [6.45, 7) is 5.24. The fourth-order valence-electron chi connectivity index (χ4n) is 1.46. The molecular weight excluding hydrogens is 190 g/mol. The van der Waals surface area contributed by atoms with Gasteiger partial charge < -0.3 is 16.4 Å². The van der Waals surface area contributed by atoms with Gasteiger partial charge in [0.1, 0.15) is 0 Å². The van der Waals surface area contributed by atoms with E-state index in [0.717, 1.165) is 0 Å². The van der Waals surface area contributed by atoms with Crippen LogP contribution < -0.4 is 11.5 Å². The molecule has 4 nitrogen and oxygen atoms in total. The van der Waals surface area contributed by atoms with Crippen LogP contribution >= 0.6 is 0 Å². The molecule has 4 N–H and O–H groups in total. The smallest absolute Gasteiger partial charge is 0.255 e. The van der Waals surface area contributed by atoms with Crippen molar-refractivity contribution in [3.05, 3.63) is 23.8 Å². The summed E-state index contributed by atoms with van der Waals surface area (Å²) in [4.78, 5) is 13.7. The van der Waals surface area contributed by atoms with Crippen LogP contribution in [0.25, 0.3) is 0 Å². The quantitative estimate of drug-likeness (QED) is 0.734. The van der Waals surface area contributed by atoms with Gasteiger partial charge in [0.15, 0.2) is 0 Å². The lowest BCUT2D eigenvalue weighted by Gasteiger charge is -2.19. The second kappa shape index (κ2) is 4.68. The molecule has 0 saturated heterocycles. The molecule has 0 heterocycles. The van der Waals surface area contributed by atoms with E-state index in [9.17, 15) is 4.79 Å². The summed E-state index contributed by atoms with van der Waals surface area (Å²) < 4.78 is 0. The summed E-state index contributed by atoms with van der Waals surface area (Å²) in [6.07, 6.45) is 0. The predicted octanol–water partition coefficient (Wildman–Crippen LogP) is 1.33. The first-order valence-electron chi connectivity index (χ1n) is 5.04. The molecule has 1 rings (SSSR count). The molecule has 0 fully saturated rings. The average molecular weight is 207 g/mol. The first kappa shape index (κ1) is 11.4. The summed E-state index contributed by atoms with van der Waals surface area (Å²) in [5.74, 6) is -0.0440. The highest BCUT2D eigenvalue weighted by Crippen LogP contribution is 2.17. The van der Waals surface area contributed by atoms with Gasteiger partial charge in [-0.1, -0.05) is 0 Å². The first-order chi connectivity index (χ1) is 7.10. The van der Waals surface area contributed by atoms with Crippen LogP contribution in [-0.2, 0) is 0 Å². The maximum atomic E-state index is 11.9. The number of amides is 1. The number of carbonyl (C=O) groups is 1. The third-order valence-electron chi connectivity index (χ3n) is 2.36.